The smallest absolute Gasteiger partial charge is 0.262 e. The van der Waals surface area contributed by atoms with Crippen LogP contribution in [0.5, 0.6) is 5.75 Å². The number of hydrogen-bond acceptors (Lipinski definition) is 3. The van der Waals surface area contributed by atoms with Crippen LogP contribution in [0.1, 0.15) is 21.5 Å². The van der Waals surface area contributed by atoms with E-state index in [-0.39, 0.29) is 12.5 Å². The fraction of sp³-hybridized carbons (Fsp3) is 0.176. The highest BCUT2D eigenvalue weighted by Crippen LogP contribution is 2.16. The van der Waals surface area contributed by atoms with Crippen LogP contribution >= 0.6 is 0 Å². The van der Waals surface area contributed by atoms with Gasteiger partial charge in [-0.3, -0.25) is 9.59 Å². The first-order valence-electron chi connectivity index (χ1n) is 6.63. The maximum absolute atomic E-state index is 11.9. The molecule has 1 amide bonds. The SMILES string of the molecule is Cc1ccc(NC(=O)COc2cccc(C=O)c2)c(C)c1. The normalized spacial score (nSPS) is 10.0. The molecule has 2 aromatic carbocycles. The number of nitrogens with one attached hydrogen (secondary N) is 1. The lowest BCUT2D eigenvalue weighted by Crippen LogP contribution is -2.20. The van der Waals surface area contributed by atoms with Crippen LogP contribution in [-0.4, -0.2) is 18.8 Å². The molecule has 0 saturated heterocycles. The largest absolute Gasteiger partial charge is 0.484 e. The number of benzene rings is 2. The first-order valence-corrected chi connectivity index (χ1v) is 6.63. The molecule has 0 saturated carbocycles. The monoisotopic (exact) mass is 283 g/mol. The standard InChI is InChI=1S/C17H17NO3/c1-12-6-7-16(13(2)8-12)18-17(20)11-21-15-5-3-4-14(9-15)10-19/h3-10H,11H2,1-2H3,(H,18,20). The van der Waals surface area contributed by atoms with Gasteiger partial charge in [0, 0.05) is 11.3 Å². The van der Waals surface area contributed by atoms with Crippen LogP contribution in [0.3, 0.4) is 0 Å². The average Bonchev–Trinajstić information content (AvgIpc) is 2.48. The van der Waals surface area contributed by atoms with Gasteiger partial charge in [-0.1, -0.05) is 29.8 Å². The van der Waals surface area contributed by atoms with Crippen molar-refractivity contribution in [3.63, 3.8) is 0 Å². The molecule has 0 aliphatic rings. The van der Waals surface area contributed by atoms with Crippen molar-refractivity contribution in [3.8, 4) is 5.75 Å². The van der Waals surface area contributed by atoms with Gasteiger partial charge in [-0.05, 0) is 37.6 Å². The van der Waals surface area contributed by atoms with Crippen molar-refractivity contribution in [1.29, 1.82) is 0 Å². The van der Waals surface area contributed by atoms with E-state index >= 15 is 0 Å². The van der Waals surface area contributed by atoms with Gasteiger partial charge < -0.3 is 10.1 Å². The predicted molar refractivity (Wildman–Crippen MR) is 81.9 cm³/mol. The van der Waals surface area contributed by atoms with Crippen molar-refractivity contribution in [3.05, 3.63) is 59.2 Å². The molecule has 0 radical (unpaired) electrons. The summed E-state index contributed by atoms with van der Waals surface area (Å²) in [5, 5.41) is 2.80. The third-order valence-corrected chi connectivity index (χ3v) is 3.02. The summed E-state index contributed by atoms with van der Waals surface area (Å²) in [6.07, 6.45) is 0.739. The molecule has 0 atom stereocenters. The lowest BCUT2D eigenvalue weighted by Gasteiger charge is -2.10. The summed E-state index contributed by atoms with van der Waals surface area (Å²) in [6, 6.07) is 12.5. The average molecular weight is 283 g/mol. The van der Waals surface area contributed by atoms with Crippen molar-refractivity contribution >= 4 is 17.9 Å². The summed E-state index contributed by atoms with van der Waals surface area (Å²) in [7, 11) is 0. The van der Waals surface area contributed by atoms with Crippen LogP contribution in [0.4, 0.5) is 5.69 Å². The van der Waals surface area contributed by atoms with E-state index in [1.165, 1.54) is 0 Å². The summed E-state index contributed by atoms with van der Waals surface area (Å²) in [5.41, 5.74) is 3.44. The summed E-state index contributed by atoms with van der Waals surface area (Å²) in [4.78, 5) is 22.5. The van der Waals surface area contributed by atoms with Gasteiger partial charge in [-0.15, -0.1) is 0 Å². The zero-order chi connectivity index (χ0) is 15.2. The van der Waals surface area contributed by atoms with Gasteiger partial charge in [0.2, 0.25) is 0 Å². The number of ether oxygens (including phenoxy) is 1. The Morgan fingerprint density at radius 3 is 2.71 bits per heavy atom. The van der Waals surface area contributed by atoms with E-state index in [1.807, 2.05) is 32.0 Å². The van der Waals surface area contributed by atoms with Crippen LogP contribution in [0.25, 0.3) is 0 Å². The van der Waals surface area contributed by atoms with E-state index in [0.717, 1.165) is 23.1 Å². The minimum absolute atomic E-state index is 0.102. The number of carbonyl (C=O) groups excluding carboxylic acids is 2. The summed E-state index contributed by atoms with van der Waals surface area (Å²) >= 11 is 0. The van der Waals surface area contributed by atoms with Crippen molar-refractivity contribution < 1.29 is 14.3 Å². The second-order valence-electron chi connectivity index (χ2n) is 4.85. The maximum atomic E-state index is 11.9. The molecule has 0 heterocycles. The van der Waals surface area contributed by atoms with Crippen LogP contribution in [-0.2, 0) is 4.79 Å². The van der Waals surface area contributed by atoms with Gasteiger partial charge in [0.15, 0.2) is 6.61 Å². The number of rotatable bonds is 5. The number of carbonyl (C=O) groups is 2. The van der Waals surface area contributed by atoms with Crippen LogP contribution < -0.4 is 10.1 Å². The number of aldehydes is 1. The molecule has 0 bridgehead atoms. The number of anilines is 1. The van der Waals surface area contributed by atoms with E-state index in [0.29, 0.717) is 11.3 Å². The topological polar surface area (TPSA) is 55.4 Å². The fourth-order valence-corrected chi connectivity index (χ4v) is 1.97. The maximum Gasteiger partial charge on any atom is 0.262 e. The van der Waals surface area contributed by atoms with Gasteiger partial charge in [-0.2, -0.15) is 0 Å². The summed E-state index contributed by atoms with van der Waals surface area (Å²) < 4.78 is 5.38. The second-order valence-corrected chi connectivity index (χ2v) is 4.85. The molecule has 0 unspecified atom stereocenters. The third-order valence-electron chi connectivity index (χ3n) is 3.02. The van der Waals surface area contributed by atoms with Crippen molar-refractivity contribution in [2.24, 2.45) is 0 Å². The first kappa shape index (κ1) is 14.8. The van der Waals surface area contributed by atoms with Crippen LogP contribution in [0.2, 0.25) is 0 Å². The van der Waals surface area contributed by atoms with Gasteiger partial charge in [0.1, 0.15) is 12.0 Å². The molecule has 0 aromatic heterocycles. The number of amides is 1. The predicted octanol–water partition coefficient (Wildman–Crippen LogP) is 3.13. The highest BCUT2D eigenvalue weighted by molar-refractivity contribution is 5.92. The Morgan fingerprint density at radius 2 is 2.00 bits per heavy atom. The Balaban J connectivity index is 1.94. The van der Waals surface area contributed by atoms with Gasteiger partial charge in [-0.25, -0.2) is 0 Å². The van der Waals surface area contributed by atoms with Crippen molar-refractivity contribution in [2.75, 3.05) is 11.9 Å². The zero-order valence-corrected chi connectivity index (χ0v) is 12.1. The lowest BCUT2D eigenvalue weighted by atomic mass is 10.1. The van der Waals surface area contributed by atoms with E-state index in [4.69, 9.17) is 4.74 Å². The molecule has 21 heavy (non-hydrogen) atoms. The van der Waals surface area contributed by atoms with Gasteiger partial charge >= 0.3 is 0 Å². The summed E-state index contributed by atoms with van der Waals surface area (Å²) in [6.45, 7) is 3.84. The summed E-state index contributed by atoms with van der Waals surface area (Å²) in [5.74, 6) is 0.258. The molecule has 0 spiro atoms. The highest BCUT2D eigenvalue weighted by atomic mass is 16.5. The quantitative estimate of drug-likeness (QED) is 0.858. The number of hydrogen-bond donors (Lipinski definition) is 1. The second kappa shape index (κ2) is 6.70. The van der Waals surface area contributed by atoms with Crippen LogP contribution in [0.15, 0.2) is 42.5 Å². The minimum Gasteiger partial charge on any atom is -0.484 e. The molecular weight excluding hydrogens is 266 g/mol. The highest BCUT2D eigenvalue weighted by Gasteiger charge is 2.06. The Labute approximate surface area is 123 Å². The molecule has 2 rings (SSSR count). The van der Waals surface area contributed by atoms with E-state index in [1.54, 1.807) is 24.3 Å². The van der Waals surface area contributed by atoms with Crippen molar-refractivity contribution in [1.82, 2.24) is 0 Å². The Hall–Kier alpha value is -2.62. The first-order chi connectivity index (χ1) is 10.1. The van der Waals surface area contributed by atoms with Crippen LogP contribution in [0, 0.1) is 13.8 Å². The molecule has 108 valence electrons. The molecule has 0 aliphatic carbocycles. The fourth-order valence-electron chi connectivity index (χ4n) is 1.97. The molecule has 1 N–H and O–H groups in total. The Bertz CT molecular complexity index is 665. The van der Waals surface area contributed by atoms with Gasteiger partial charge in [0.25, 0.3) is 5.91 Å². The molecule has 4 heteroatoms. The van der Waals surface area contributed by atoms with Gasteiger partial charge in [0.05, 0.1) is 0 Å². The van der Waals surface area contributed by atoms with E-state index in [2.05, 4.69) is 5.32 Å². The lowest BCUT2D eigenvalue weighted by molar-refractivity contribution is -0.118. The Kier molecular flexibility index (Phi) is 4.72. The Morgan fingerprint density at radius 1 is 1.19 bits per heavy atom. The molecule has 0 aliphatic heterocycles. The zero-order valence-electron chi connectivity index (χ0n) is 12.1. The minimum atomic E-state index is -0.238. The van der Waals surface area contributed by atoms with E-state index in [9.17, 15) is 9.59 Å². The molecule has 4 nitrogen and oxygen atoms in total. The number of aryl methyl sites for hydroxylation is 2. The molecule has 2 aromatic rings. The third kappa shape index (κ3) is 4.18. The van der Waals surface area contributed by atoms with Crippen molar-refractivity contribution in [2.45, 2.75) is 13.8 Å². The van der Waals surface area contributed by atoms with E-state index < -0.39 is 0 Å². The molecular formula is C17H17NO3. The molecule has 0 fully saturated rings.